The van der Waals surface area contributed by atoms with Gasteiger partial charge in [-0.1, -0.05) is 0 Å². The number of nitrogens with two attached hydrogens (primary N) is 1. The van der Waals surface area contributed by atoms with Crippen LogP contribution >= 0.6 is 0 Å². The van der Waals surface area contributed by atoms with Crippen LogP contribution in [0.4, 0.5) is 18.9 Å². The van der Waals surface area contributed by atoms with Gasteiger partial charge in [0.05, 0.1) is 5.69 Å². The molecule has 0 saturated carbocycles. The van der Waals surface area contributed by atoms with E-state index in [1.54, 1.807) is 6.07 Å². The molecule has 0 fully saturated rings. The average molecular weight is 250 g/mol. The first-order valence-electron chi connectivity index (χ1n) is 4.99. The van der Waals surface area contributed by atoms with Gasteiger partial charge in [-0.25, -0.2) is 0 Å². The molecule has 0 atom stereocenters. The minimum absolute atomic E-state index is 0.0548. The molecule has 7 heteroatoms. The van der Waals surface area contributed by atoms with E-state index in [0.29, 0.717) is 6.42 Å². The number of nitrogen functional groups attached to an aromatic ring is 1. The summed E-state index contributed by atoms with van der Waals surface area (Å²) in [6.45, 7) is -1.04. The van der Waals surface area contributed by atoms with E-state index in [1.165, 1.54) is 16.8 Å². The van der Waals surface area contributed by atoms with Crippen LogP contribution in [0.3, 0.4) is 0 Å². The molecule has 0 aliphatic heterocycles. The van der Waals surface area contributed by atoms with E-state index in [-0.39, 0.29) is 24.4 Å². The number of alkyl halides is 3. The van der Waals surface area contributed by atoms with Gasteiger partial charge in [0.2, 0.25) is 0 Å². The van der Waals surface area contributed by atoms with Gasteiger partial charge in [-0.3, -0.25) is 4.79 Å². The van der Waals surface area contributed by atoms with E-state index < -0.39 is 12.8 Å². The van der Waals surface area contributed by atoms with Crippen LogP contribution < -0.4 is 11.3 Å². The third-order valence-corrected chi connectivity index (χ3v) is 2.00. The number of hydrogen-bond acceptors (Lipinski definition) is 3. The number of ether oxygens (including phenoxy) is 1. The van der Waals surface area contributed by atoms with Gasteiger partial charge in [0.25, 0.3) is 5.56 Å². The van der Waals surface area contributed by atoms with Crippen LogP contribution in [0.25, 0.3) is 0 Å². The van der Waals surface area contributed by atoms with Crippen LogP contribution in [0.2, 0.25) is 0 Å². The summed E-state index contributed by atoms with van der Waals surface area (Å²) in [5, 5.41) is 0. The predicted molar refractivity (Wildman–Crippen MR) is 56.6 cm³/mol. The maximum Gasteiger partial charge on any atom is 0.411 e. The van der Waals surface area contributed by atoms with Crippen LogP contribution in [0.15, 0.2) is 23.1 Å². The summed E-state index contributed by atoms with van der Waals surface area (Å²) in [4.78, 5) is 11.4. The third-order valence-electron chi connectivity index (χ3n) is 2.00. The van der Waals surface area contributed by atoms with Crippen molar-refractivity contribution in [1.82, 2.24) is 4.57 Å². The Bertz CT molecular complexity index is 415. The first-order valence-corrected chi connectivity index (χ1v) is 4.99. The van der Waals surface area contributed by atoms with Crippen molar-refractivity contribution < 1.29 is 17.9 Å². The van der Waals surface area contributed by atoms with Crippen molar-refractivity contribution >= 4 is 5.69 Å². The molecular weight excluding hydrogens is 237 g/mol. The number of pyridine rings is 1. The summed E-state index contributed by atoms with van der Waals surface area (Å²) in [6, 6.07) is 3.08. The molecule has 4 nitrogen and oxygen atoms in total. The average Bonchev–Trinajstić information content (AvgIpc) is 2.22. The van der Waals surface area contributed by atoms with E-state index >= 15 is 0 Å². The molecular formula is C10H13F3N2O2. The van der Waals surface area contributed by atoms with Gasteiger partial charge in [-0.05, 0) is 18.6 Å². The second kappa shape index (κ2) is 5.72. The molecule has 0 aromatic carbocycles. The Balaban J connectivity index is 2.32. The van der Waals surface area contributed by atoms with Crippen molar-refractivity contribution in [2.45, 2.75) is 19.1 Å². The number of anilines is 1. The summed E-state index contributed by atoms with van der Waals surface area (Å²) in [5.74, 6) is 0. The van der Waals surface area contributed by atoms with Crippen molar-refractivity contribution in [3.8, 4) is 0 Å². The summed E-state index contributed by atoms with van der Waals surface area (Å²) in [6.07, 6.45) is -2.46. The standard InChI is InChI=1S/C10H13F3N2O2/c11-10(12,13)7-17-6-2-5-15-4-1-3-8(14)9(15)16/h1,3-4H,2,5-7,14H2. The van der Waals surface area contributed by atoms with E-state index in [4.69, 9.17) is 5.73 Å². The second-order valence-electron chi connectivity index (χ2n) is 3.48. The molecule has 0 unspecified atom stereocenters. The van der Waals surface area contributed by atoms with Crippen molar-refractivity contribution in [1.29, 1.82) is 0 Å². The van der Waals surface area contributed by atoms with Gasteiger partial charge in [0.15, 0.2) is 0 Å². The monoisotopic (exact) mass is 250 g/mol. The molecule has 96 valence electrons. The third kappa shape index (κ3) is 4.90. The van der Waals surface area contributed by atoms with Crippen molar-refractivity contribution in [2.24, 2.45) is 0 Å². The second-order valence-corrected chi connectivity index (χ2v) is 3.48. The molecule has 0 spiro atoms. The Morgan fingerprint density at radius 2 is 2.12 bits per heavy atom. The Morgan fingerprint density at radius 1 is 1.41 bits per heavy atom. The fourth-order valence-corrected chi connectivity index (χ4v) is 1.26. The Morgan fingerprint density at radius 3 is 2.76 bits per heavy atom. The normalized spacial score (nSPS) is 11.7. The van der Waals surface area contributed by atoms with Crippen LogP contribution in [0.1, 0.15) is 6.42 Å². The molecule has 0 amide bonds. The largest absolute Gasteiger partial charge is 0.411 e. The van der Waals surface area contributed by atoms with Gasteiger partial charge in [-0.2, -0.15) is 13.2 Å². The van der Waals surface area contributed by atoms with Crippen molar-refractivity contribution in [2.75, 3.05) is 18.9 Å². The van der Waals surface area contributed by atoms with Crippen LogP contribution in [0, 0.1) is 0 Å². The molecule has 1 heterocycles. The minimum atomic E-state index is -4.31. The zero-order valence-electron chi connectivity index (χ0n) is 9.04. The summed E-state index contributed by atoms with van der Waals surface area (Å²) < 4.78 is 40.9. The highest BCUT2D eigenvalue weighted by atomic mass is 19.4. The lowest BCUT2D eigenvalue weighted by Gasteiger charge is -2.08. The highest BCUT2D eigenvalue weighted by Gasteiger charge is 2.27. The lowest BCUT2D eigenvalue weighted by Crippen LogP contribution is -2.23. The van der Waals surface area contributed by atoms with Gasteiger partial charge in [0.1, 0.15) is 6.61 Å². The first kappa shape index (κ1) is 13.6. The topological polar surface area (TPSA) is 57.2 Å². The van der Waals surface area contributed by atoms with E-state index in [0.717, 1.165) is 0 Å². The molecule has 0 bridgehead atoms. The zero-order chi connectivity index (χ0) is 12.9. The number of aryl methyl sites for hydroxylation is 1. The van der Waals surface area contributed by atoms with Gasteiger partial charge in [0, 0.05) is 19.3 Å². The number of halogens is 3. The fourth-order valence-electron chi connectivity index (χ4n) is 1.26. The molecule has 1 rings (SSSR count). The van der Waals surface area contributed by atoms with Crippen LogP contribution in [-0.4, -0.2) is 24.0 Å². The molecule has 2 N–H and O–H groups in total. The lowest BCUT2D eigenvalue weighted by atomic mass is 10.4. The van der Waals surface area contributed by atoms with E-state index in [9.17, 15) is 18.0 Å². The van der Waals surface area contributed by atoms with Gasteiger partial charge in [-0.15, -0.1) is 0 Å². The summed E-state index contributed by atoms with van der Waals surface area (Å²) in [5.41, 5.74) is 5.17. The number of nitrogens with zero attached hydrogens (tertiary/aromatic N) is 1. The Hall–Kier alpha value is -1.50. The number of rotatable bonds is 5. The van der Waals surface area contributed by atoms with Crippen LogP contribution in [0.5, 0.6) is 0 Å². The molecule has 17 heavy (non-hydrogen) atoms. The molecule has 0 aliphatic carbocycles. The number of aromatic nitrogens is 1. The highest BCUT2D eigenvalue weighted by Crippen LogP contribution is 2.14. The molecule has 0 aliphatic rings. The smallest absolute Gasteiger partial charge is 0.394 e. The van der Waals surface area contributed by atoms with E-state index in [2.05, 4.69) is 4.74 Å². The zero-order valence-corrected chi connectivity index (χ0v) is 9.04. The lowest BCUT2D eigenvalue weighted by molar-refractivity contribution is -0.174. The molecule has 1 aromatic heterocycles. The maximum absolute atomic E-state index is 11.7. The minimum Gasteiger partial charge on any atom is -0.394 e. The highest BCUT2D eigenvalue weighted by molar-refractivity contribution is 5.33. The molecule has 0 saturated heterocycles. The van der Waals surface area contributed by atoms with Gasteiger partial charge < -0.3 is 15.0 Å². The predicted octanol–water partition coefficient (Wildman–Crippen LogP) is 1.40. The Kier molecular flexibility index (Phi) is 4.56. The van der Waals surface area contributed by atoms with Gasteiger partial charge >= 0.3 is 6.18 Å². The van der Waals surface area contributed by atoms with Crippen molar-refractivity contribution in [3.05, 3.63) is 28.7 Å². The number of hydrogen-bond donors (Lipinski definition) is 1. The fraction of sp³-hybridized carbons (Fsp3) is 0.500. The quantitative estimate of drug-likeness (QED) is 0.803. The molecule has 1 aromatic rings. The SMILES string of the molecule is Nc1cccn(CCCOCC(F)(F)F)c1=O. The first-order chi connectivity index (χ1) is 7.90. The summed E-state index contributed by atoms with van der Waals surface area (Å²) in [7, 11) is 0. The molecule has 0 radical (unpaired) electrons. The van der Waals surface area contributed by atoms with E-state index in [1.807, 2.05) is 0 Å². The maximum atomic E-state index is 11.7. The summed E-state index contributed by atoms with van der Waals surface area (Å²) >= 11 is 0. The van der Waals surface area contributed by atoms with Crippen LogP contribution in [-0.2, 0) is 11.3 Å². The Labute approximate surface area is 95.8 Å². The van der Waals surface area contributed by atoms with Crippen molar-refractivity contribution in [3.63, 3.8) is 0 Å².